The molecule has 7 nitrogen and oxygen atoms in total. The summed E-state index contributed by atoms with van der Waals surface area (Å²) in [6.07, 6.45) is 0.948. The fraction of sp³-hybridized carbons (Fsp3) is 0.222. The molecule has 2 amide bonds. The molecule has 2 N–H and O–H groups in total. The lowest BCUT2D eigenvalue weighted by Crippen LogP contribution is -2.37. The Labute approximate surface area is 210 Å². The number of nitrogens with zero attached hydrogens (tertiary/aromatic N) is 1. The molecule has 35 heavy (non-hydrogen) atoms. The second kappa shape index (κ2) is 9.54. The Morgan fingerprint density at radius 1 is 0.971 bits per heavy atom. The van der Waals surface area contributed by atoms with Crippen LogP contribution in [0.25, 0.3) is 11.1 Å². The summed E-state index contributed by atoms with van der Waals surface area (Å²) in [5, 5.41) is 11.9. The monoisotopic (exact) mass is 534 g/mol. The van der Waals surface area contributed by atoms with Gasteiger partial charge in [0.25, 0.3) is 5.91 Å². The maximum Gasteiger partial charge on any atom is 0.411 e. The first kappa shape index (κ1) is 23.1. The second-order valence-corrected chi connectivity index (χ2v) is 9.65. The van der Waals surface area contributed by atoms with Crippen molar-refractivity contribution >= 4 is 39.6 Å². The minimum absolute atomic E-state index is 0.0591. The smallest absolute Gasteiger partial charge is 0.411 e. The highest BCUT2D eigenvalue weighted by molar-refractivity contribution is 9.10. The van der Waals surface area contributed by atoms with Crippen LogP contribution in [0.1, 0.15) is 40.2 Å². The molecule has 0 unspecified atom stereocenters. The third kappa shape index (κ3) is 4.93. The number of rotatable bonds is 7. The third-order valence-corrected chi connectivity index (χ3v) is 6.75. The van der Waals surface area contributed by atoms with E-state index in [-0.39, 0.29) is 31.0 Å². The molecule has 8 heteroatoms. The number of carbonyl (C=O) groups is 3. The number of carbonyl (C=O) groups excluding carboxylic acids is 2. The molecule has 2 aliphatic rings. The van der Waals surface area contributed by atoms with Crippen molar-refractivity contribution in [3.05, 3.63) is 87.9 Å². The van der Waals surface area contributed by atoms with E-state index in [1.54, 1.807) is 12.1 Å². The molecule has 1 fully saturated rings. The van der Waals surface area contributed by atoms with Gasteiger partial charge in [0.2, 0.25) is 0 Å². The van der Waals surface area contributed by atoms with Gasteiger partial charge in [0, 0.05) is 27.7 Å². The summed E-state index contributed by atoms with van der Waals surface area (Å²) in [5.74, 6) is -1.50. The van der Waals surface area contributed by atoms with Crippen LogP contribution < -0.4 is 5.32 Å². The molecule has 2 aliphatic carbocycles. The molecular weight excluding hydrogens is 512 g/mol. The molecule has 0 spiro atoms. The highest BCUT2D eigenvalue weighted by atomic mass is 79.9. The van der Waals surface area contributed by atoms with E-state index in [1.807, 2.05) is 24.3 Å². The van der Waals surface area contributed by atoms with Crippen LogP contribution in [-0.2, 0) is 9.53 Å². The van der Waals surface area contributed by atoms with E-state index in [0.717, 1.165) is 35.1 Å². The number of benzene rings is 3. The van der Waals surface area contributed by atoms with Crippen LogP contribution in [0.4, 0.5) is 10.5 Å². The van der Waals surface area contributed by atoms with Gasteiger partial charge in [0.1, 0.15) is 13.2 Å². The van der Waals surface area contributed by atoms with E-state index >= 15 is 0 Å². The summed E-state index contributed by atoms with van der Waals surface area (Å²) >= 11 is 3.37. The standard InChI is InChI=1S/C27H23BrN2O5/c28-17-11-16(26(33)30(14-25(31)32)19-9-10-19)12-18(13-17)29-27(34)35-15-24-22-7-3-1-5-20(22)21-6-2-4-8-23(21)24/h1-8,11-13,19,24H,9-10,14-15H2,(H,29,34)(H,31,32). The molecule has 0 bridgehead atoms. The highest BCUT2D eigenvalue weighted by Gasteiger charge is 2.34. The zero-order valence-electron chi connectivity index (χ0n) is 18.7. The minimum Gasteiger partial charge on any atom is -0.480 e. The molecule has 1 saturated carbocycles. The highest BCUT2D eigenvalue weighted by Crippen LogP contribution is 2.44. The van der Waals surface area contributed by atoms with Crippen LogP contribution in [0.2, 0.25) is 0 Å². The summed E-state index contributed by atoms with van der Waals surface area (Å²) in [6.45, 7) is -0.182. The van der Waals surface area contributed by atoms with Crippen LogP contribution >= 0.6 is 15.9 Å². The first-order chi connectivity index (χ1) is 16.9. The number of carboxylic acid groups (broad SMARTS) is 1. The molecule has 0 radical (unpaired) electrons. The van der Waals surface area contributed by atoms with Crippen molar-refractivity contribution in [2.75, 3.05) is 18.5 Å². The largest absolute Gasteiger partial charge is 0.480 e. The Morgan fingerprint density at radius 2 is 1.60 bits per heavy atom. The second-order valence-electron chi connectivity index (χ2n) is 8.74. The lowest BCUT2D eigenvalue weighted by molar-refractivity contribution is -0.137. The van der Waals surface area contributed by atoms with Gasteiger partial charge in [-0.3, -0.25) is 14.9 Å². The Morgan fingerprint density at radius 3 is 2.20 bits per heavy atom. The van der Waals surface area contributed by atoms with Crippen LogP contribution in [0.3, 0.4) is 0 Å². The molecule has 0 aliphatic heterocycles. The lowest BCUT2D eigenvalue weighted by atomic mass is 9.98. The zero-order valence-corrected chi connectivity index (χ0v) is 20.3. The maximum absolute atomic E-state index is 13.0. The number of aliphatic carboxylic acids is 1. The number of halogens is 1. The minimum atomic E-state index is -1.06. The number of hydrogen-bond donors (Lipinski definition) is 2. The SMILES string of the molecule is O=C(O)CN(C(=O)c1cc(Br)cc(NC(=O)OCC2c3ccccc3-c3ccccc32)c1)C1CC1. The average molecular weight is 535 g/mol. The number of ether oxygens (including phenoxy) is 1. The molecule has 178 valence electrons. The van der Waals surface area contributed by atoms with Crippen LogP contribution in [0.5, 0.6) is 0 Å². The first-order valence-electron chi connectivity index (χ1n) is 11.4. The van der Waals surface area contributed by atoms with E-state index in [1.165, 1.54) is 11.0 Å². The first-order valence-corrected chi connectivity index (χ1v) is 12.2. The number of nitrogens with one attached hydrogen (secondary N) is 1. The third-order valence-electron chi connectivity index (χ3n) is 6.29. The van der Waals surface area contributed by atoms with E-state index < -0.39 is 12.1 Å². The molecule has 0 atom stereocenters. The van der Waals surface area contributed by atoms with Gasteiger partial charge in [-0.1, -0.05) is 64.5 Å². The van der Waals surface area contributed by atoms with Gasteiger partial charge in [0.15, 0.2) is 0 Å². The number of fused-ring (bicyclic) bond motifs is 3. The number of amides is 2. The zero-order chi connectivity index (χ0) is 24.5. The van der Waals surface area contributed by atoms with Crippen molar-refractivity contribution < 1.29 is 24.2 Å². The quantitative estimate of drug-likeness (QED) is 0.417. The summed E-state index contributed by atoms with van der Waals surface area (Å²) in [6, 6.07) is 21.0. The van der Waals surface area contributed by atoms with Crippen molar-refractivity contribution in [2.45, 2.75) is 24.8 Å². The van der Waals surface area contributed by atoms with Gasteiger partial charge in [0.05, 0.1) is 0 Å². The summed E-state index contributed by atoms with van der Waals surface area (Å²) < 4.78 is 6.18. The summed E-state index contributed by atoms with van der Waals surface area (Å²) in [7, 11) is 0. The molecule has 0 aromatic heterocycles. The summed E-state index contributed by atoms with van der Waals surface area (Å²) in [5.41, 5.74) is 5.21. The van der Waals surface area contributed by atoms with E-state index in [4.69, 9.17) is 4.74 Å². The van der Waals surface area contributed by atoms with Crippen molar-refractivity contribution in [3.63, 3.8) is 0 Å². The van der Waals surface area contributed by atoms with Crippen molar-refractivity contribution in [1.29, 1.82) is 0 Å². The Hall–Kier alpha value is -3.65. The van der Waals surface area contributed by atoms with Crippen molar-refractivity contribution in [3.8, 4) is 11.1 Å². The van der Waals surface area contributed by atoms with Crippen LogP contribution in [0, 0.1) is 0 Å². The fourth-order valence-electron chi connectivity index (χ4n) is 4.60. The molecule has 3 aromatic rings. The maximum atomic E-state index is 13.0. The molecule has 0 saturated heterocycles. The van der Waals surface area contributed by atoms with Crippen molar-refractivity contribution in [1.82, 2.24) is 4.90 Å². The number of carboxylic acids is 1. The number of anilines is 1. The van der Waals surface area contributed by atoms with Gasteiger partial charge in [-0.15, -0.1) is 0 Å². The molecule has 3 aromatic carbocycles. The van der Waals surface area contributed by atoms with Crippen LogP contribution in [0.15, 0.2) is 71.2 Å². The Bertz CT molecular complexity index is 1270. The lowest BCUT2D eigenvalue weighted by Gasteiger charge is -2.21. The summed E-state index contributed by atoms with van der Waals surface area (Å²) in [4.78, 5) is 38.2. The molecule has 0 heterocycles. The van der Waals surface area contributed by atoms with Crippen LogP contribution in [-0.4, -0.2) is 47.2 Å². The Balaban J connectivity index is 1.28. The van der Waals surface area contributed by atoms with Gasteiger partial charge < -0.3 is 14.7 Å². The topological polar surface area (TPSA) is 95.9 Å². The average Bonchev–Trinajstić information content (AvgIpc) is 3.63. The van der Waals surface area contributed by atoms with Gasteiger partial charge >= 0.3 is 12.1 Å². The van der Waals surface area contributed by atoms with Gasteiger partial charge in [-0.2, -0.15) is 0 Å². The number of hydrogen-bond acceptors (Lipinski definition) is 4. The predicted molar refractivity (Wildman–Crippen MR) is 135 cm³/mol. The predicted octanol–water partition coefficient (Wildman–Crippen LogP) is 5.50. The van der Waals surface area contributed by atoms with E-state index in [2.05, 4.69) is 45.5 Å². The van der Waals surface area contributed by atoms with Gasteiger partial charge in [-0.25, -0.2) is 4.79 Å². The molecule has 5 rings (SSSR count). The molecular formula is C27H23BrN2O5. The Kier molecular flexibility index (Phi) is 6.30. The normalized spacial score (nSPS) is 14.1. The van der Waals surface area contributed by atoms with E-state index in [9.17, 15) is 19.5 Å². The van der Waals surface area contributed by atoms with E-state index in [0.29, 0.717) is 15.7 Å². The van der Waals surface area contributed by atoms with Gasteiger partial charge in [-0.05, 0) is 53.3 Å². The van der Waals surface area contributed by atoms with Crippen molar-refractivity contribution in [2.24, 2.45) is 0 Å². The fourth-order valence-corrected chi connectivity index (χ4v) is 5.10.